The molecule has 7 heteroatoms. The smallest absolute Gasteiger partial charge is 0.222 e. The Kier molecular flexibility index (Phi) is 7.42. The van der Waals surface area contributed by atoms with Gasteiger partial charge in [-0.25, -0.2) is 9.98 Å². The molecule has 0 atom stereocenters. The molecule has 1 fully saturated rings. The standard InChI is InChI=1S/C21H29N5OS/c1-3-22-21(23-11-10-19-24-13-16(2)28-19)25-14-17-6-8-18(9-7-17)15-26-12-4-5-20(26)27/h6-9,13H,3-5,10-12,14-15H2,1-2H3,(H2,22,23,25). The number of nitrogens with zero attached hydrogens (tertiary/aromatic N) is 3. The zero-order chi connectivity index (χ0) is 19.8. The molecule has 0 saturated carbocycles. The van der Waals surface area contributed by atoms with Crippen LogP contribution in [-0.4, -0.2) is 41.4 Å². The number of aryl methyl sites for hydroxylation is 1. The summed E-state index contributed by atoms with van der Waals surface area (Å²) < 4.78 is 0. The predicted octanol–water partition coefficient (Wildman–Crippen LogP) is 2.87. The summed E-state index contributed by atoms with van der Waals surface area (Å²) in [6, 6.07) is 8.39. The number of benzene rings is 1. The van der Waals surface area contributed by atoms with Crippen molar-refractivity contribution in [3.05, 3.63) is 51.5 Å². The number of likely N-dealkylation sites (tertiary alicyclic amines) is 1. The fourth-order valence-corrected chi connectivity index (χ4v) is 3.95. The van der Waals surface area contributed by atoms with Crippen molar-refractivity contribution in [3.63, 3.8) is 0 Å². The van der Waals surface area contributed by atoms with Crippen molar-refractivity contribution in [2.75, 3.05) is 19.6 Å². The lowest BCUT2D eigenvalue weighted by atomic mass is 10.1. The van der Waals surface area contributed by atoms with Crippen molar-refractivity contribution in [2.24, 2.45) is 4.99 Å². The van der Waals surface area contributed by atoms with Gasteiger partial charge < -0.3 is 15.5 Å². The lowest BCUT2D eigenvalue weighted by Crippen LogP contribution is -2.38. The second kappa shape index (κ2) is 10.2. The van der Waals surface area contributed by atoms with Crippen LogP contribution >= 0.6 is 11.3 Å². The number of amides is 1. The first-order chi connectivity index (χ1) is 13.6. The number of hydrogen-bond donors (Lipinski definition) is 2. The molecular weight excluding hydrogens is 370 g/mol. The van der Waals surface area contributed by atoms with Crippen LogP contribution < -0.4 is 10.6 Å². The van der Waals surface area contributed by atoms with Crippen LogP contribution in [0.1, 0.15) is 40.8 Å². The topological polar surface area (TPSA) is 69.6 Å². The Bertz CT molecular complexity index is 799. The molecule has 3 rings (SSSR count). The summed E-state index contributed by atoms with van der Waals surface area (Å²) in [6.07, 6.45) is 4.48. The van der Waals surface area contributed by atoms with E-state index < -0.39 is 0 Å². The lowest BCUT2D eigenvalue weighted by Gasteiger charge is -2.15. The van der Waals surface area contributed by atoms with Gasteiger partial charge in [-0.2, -0.15) is 0 Å². The first-order valence-electron chi connectivity index (χ1n) is 9.93. The Hall–Kier alpha value is -2.41. The van der Waals surface area contributed by atoms with E-state index in [0.29, 0.717) is 19.5 Å². The predicted molar refractivity (Wildman–Crippen MR) is 114 cm³/mol. The number of rotatable bonds is 8. The van der Waals surface area contributed by atoms with Gasteiger partial charge >= 0.3 is 0 Å². The van der Waals surface area contributed by atoms with Crippen LogP contribution in [0.3, 0.4) is 0 Å². The minimum Gasteiger partial charge on any atom is -0.357 e. The van der Waals surface area contributed by atoms with Gasteiger partial charge in [0.15, 0.2) is 5.96 Å². The maximum absolute atomic E-state index is 11.8. The molecule has 1 amide bonds. The third kappa shape index (κ3) is 6.05. The summed E-state index contributed by atoms with van der Waals surface area (Å²) in [7, 11) is 0. The van der Waals surface area contributed by atoms with Gasteiger partial charge in [0.2, 0.25) is 5.91 Å². The number of aromatic nitrogens is 1. The van der Waals surface area contributed by atoms with E-state index >= 15 is 0 Å². The van der Waals surface area contributed by atoms with Gasteiger partial charge in [-0.1, -0.05) is 24.3 Å². The Morgan fingerprint density at radius 3 is 2.68 bits per heavy atom. The lowest BCUT2D eigenvalue weighted by molar-refractivity contribution is -0.128. The minimum absolute atomic E-state index is 0.267. The molecular formula is C21H29N5OS. The summed E-state index contributed by atoms with van der Waals surface area (Å²) in [5.41, 5.74) is 2.33. The summed E-state index contributed by atoms with van der Waals surface area (Å²) >= 11 is 1.74. The van der Waals surface area contributed by atoms with Gasteiger partial charge in [0.1, 0.15) is 0 Å². The second-order valence-corrected chi connectivity index (χ2v) is 8.29. The number of thiazole rings is 1. The van der Waals surface area contributed by atoms with E-state index in [2.05, 4.69) is 58.7 Å². The number of aliphatic imine (C=N–C) groups is 1. The van der Waals surface area contributed by atoms with Gasteiger partial charge in [-0.3, -0.25) is 4.79 Å². The summed E-state index contributed by atoms with van der Waals surface area (Å²) in [4.78, 5) is 24.0. The van der Waals surface area contributed by atoms with Gasteiger partial charge in [0.25, 0.3) is 0 Å². The van der Waals surface area contributed by atoms with Crippen LogP contribution in [0.4, 0.5) is 0 Å². The second-order valence-electron chi connectivity index (χ2n) is 6.97. The Labute approximate surface area is 171 Å². The molecule has 2 heterocycles. The first-order valence-corrected chi connectivity index (χ1v) is 10.7. The van der Waals surface area contributed by atoms with E-state index in [1.807, 2.05) is 11.1 Å². The number of guanidine groups is 1. The Balaban J connectivity index is 1.49. The third-order valence-electron chi connectivity index (χ3n) is 4.63. The molecule has 2 N–H and O–H groups in total. The average molecular weight is 400 g/mol. The molecule has 1 aliphatic rings. The highest BCUT2D eigenvalue weighted by atomic mass is 32.1. The molecule has 0 spiro atoms. The molecule has 1 saturated heterocycles. The summed E-state index contributed by atoms with van der Waals surface area (Å²) in [5.74, 6) is 1.09. The maximum Gasteiger partial charge on any atom is 0.222 e. The quantitative estimate of drug-likeness (QED) is 0.529. The fraction of sp³-hybridized carbons (Fsp3) is 0.476. The first kappa shape index (κ1) is 20.3. The molecule has 0 aliphatic carbocycles. The minimum atomic E-state index is 0.267. The maximum atomic E-state index is 11.8. The number of carbonyl (C=O) groups is 1. The van der Waals surface area contributed by atoms with E-state index in [1.54, 1.807) is 11.3 Å². The highest BCUT2D eigenvalue weighted by Gasteiger charge is 2.19. The molecule has 28 heavy (non-hydrogen) atoms. The molecule has 0 radical (unpaired) electrons. The van der Waals surface area contributed by atoms with Crippen molar-refractivity contribution < 1.29 is 4.79 Å². The van der Waals surface area contributed by atoms with E-state index in [1.165, 1.54) is 10.4 Å². The largest absolute Gasteiger partial charge is 0.357 e. The number of nitrogens with one attached hydrogen (secondary N) is 2. The van der Waals surface area contributed by atoms with Gasteiger partial charge in [0.05, 0.1) is 11.6 Å². The zero-order valence-electron chi connectivity index (χ0n) is 16.7. The van der Waals surface area contributed by atoms with Crippen LogP contribution in [0.25, 0.3) is 0 Å². The van der Waals surface area contributed by atoms with E-state index in [-0.39, 0.29) is 5.91 Å². The van der Waals surface area contributed by atoms with E-state index in [9.17, 15) is 4.79 Å². The molecule has 1 aliphatic heterocycles. The number of hydrogen-bond acceptors (Lipinski definition) is 4. The normalized spacial score (nSPS) is 14.6. The van der Waals surface area contributed by atoms with Crippen LogP contribution in [0.2, 0.25) is 0 Å². The van der Waals surface area contributed by atoms with Gasteiger partial charge in [0, 0.05) is 50.1 Å². The molecule has 1 aromatic carbocycles. The molecule has 6 nitrogen and oxygen atoms in total. The highest BCUT2D eigenvalue weighted by molar-refractivity contribution is 7.11. The fourth-order valence-electron chi connectivity index (χ4n) is 3.16. The van der Waals surface area contributed by atoms with Crippen LogP contribution in [0.15, 0.2) is 35.5 Å². The number of carbonyl (C=O) groups excluding carboxylic acids is 1. The molecule has 0 unspecified atom stereocenters. The van der Waals surface area contributed by atoms with Crippen molar-refractivity contribution in [1.29, 1.82) is 0 Å². The Morgan fingerprint density at radius 2 is 2.04 bits per heavy atom. The van der Waals surface area contributed by atoms with E-state index in [4.69, 9.17) is 0 Å². The van der Waals surface area contributed by atoms with Gasteiger partial charge in [-0.05, 0) is 31.4 Å². The molecule has 1 aromatic heterocycles. The summed E-state index contributed by atoms with van der Waals surface area (Å²) in [6.45, 7) is 7.98. The van der Waals surface area contributed by atoms with Crippen LogP contribution in [0, 0.1) is 6.92 Å². The van der Waals surface area contributed by atoms with E-state index in [0.717, 1.165) is 49.0 Å². The van der Waals surface area contributed by atoms with Crippen molar-refractivity contribution in [3.8, 4) is 0 Å². The summed E-state index contributed by atoms with van der Waals surface area (Å²) in [5, 5.41) is 7.81. The molecule has 2 aromatic rings. The Morgan fingerprint density at radius 1 is 1.25 bits per heavy atom. The van der Waals surface area contributed by atoms with Crippen LogP contribution in [0.5, 0.6) is 0 Å². The van der Waals surface area contributed by atoms with Crippen molar-refractivity contribution in [1.82, 2.24) is 20.5 Å². The van der Waals surface area contributed by atoms with Crippen LogP contribution in [-0.2, 0) is 24.3 Å². The monoisotopic (exact) mass is 399 g/mol. The SMILES string of the molecule is CCNC(=NCc1ccc(CN2CCCC2=O)cc1)NCCc1ncc(C)s1. The average Bonchev–Trinajstić information content (AvgIpc) is 3.29. The van der Waals surface area contributed by atoms with Crippen molar-refractivity contribution in [2.45, 2.75) is 46.2 Å². The molecule has 150 valence electrons. The molecule has 0 bridgehead atoms. The van der Waals surface area contributed by atoms with Gasteiger partial charge in [-0.15, -0.1) is 11.3 Å². The highest BCUT2D eigenvalue weighted by Crippen LogP contribution is 2.15. The van der Waals surface area contributed by atoms with Crippen molar-refractivity contribution >= 4 is 23.2 Å². The zero-order valence-corrected chi connectivity index (χ0v) is 17.5. The third-order valence-corrected chi connectivity index (χ3v) is 5.60.